The minimum Gasteiger partial charge on any atom is -0.323 e. The van der Waals surface area contributed by atoms with Gasteiger partial charge in [0.1, 0.15) is 17.0 Å². The molecular formula is C27H24FN9. The van der Waals surface area contributed by atoms with Crippen molar-refractivity contribution in [1.82, 2.24) is 40.0 Å². The van der Waals surface area contributed by atoms with E-state index in [0.29, 0.717) is 34.8 Å². The predicted molar refractivity (Wildman–Crippen MR) is 141 cm³/mol. The number of nitrogens with two attached hydrogens (primary N) is 1. The second-order valence-corrected chi connectivity index (χ2v) is 9.21. The fraction of sp³-hybridized carbons (Fsp3) is 0.148. The molecule has 184 valence electrons. The van der Waals surface area contributed by atoms with Gasteiger partial charge in [-0.05, 0) is 61.6 Å². The number of rotatable bonds is 6. The van der Waals surface area contributed by atoms with Gasteiger partial charge in [0.2, 0.25) is 0 Å². The second-order valence-electron chi connectivity index (χ2n) is 9.21. The molecule has 4 N–H and O–H groups in total. The fourth-order valence-electron chi connectivity index (χ4n) is 4.54. The molecule has 37 heavy (non-hydrogen) atoms. The zero-order valence-corrected chi connectivity index (χ0v) is 20.3. The minimum absolute atomic E-state index is 0.324. The molecule has 10 heteroatoms. The first kappa shape index (κ1) is 22.9. The number of likely N-dealkylation sites (N-methyl/N-ethyl adjacent to an activating group) is 1. The minimum atomic E-state index is -0.350. The van der Waals surface area contributed by atoms with Gasteiger partial charge in [0.25, 0.3) is 0 Å². The van der Waals surface area contributed by atoms with E-state index < -0.39 is 0 Å². The molecule has 0 saturated heterocycles. The lowest BCUT2D eigenvalue weighted by molar-refractivity contribution is 0.376. The molecule has 1 atom stereocenters. The summed E-state index contributed by atoms with van der Waals surface area (Å²) in [6.45, 7) is 0.601. The number of hydrogen-bond donors (Lipinski definition) is 3. The number of aromatic amines is 2. The number of pyridine rings is 1. The van der Waals surface area contributed by atoms with E-state index in [9.17, 15) is 4.39 Å². The highest BCUT2D eigenvalue weighted by Gasteiger charge is 2.18. The van der Waals surface area contributed by atoms with E-state index in [0.717, 1.165) is 33.3 Å². The predicted octanol–water partition coefficient (Wildman–Crippen LogP) is 4.33. The smallest absolute Gasteiger partial charge is 0.160 e. The van der Waals surface area contributed by atoms with Crippen molar-refractivity contribution < 1.29 is 4.39 Å². The van der Waals surface area contributed by atoms with Gasteiger partial charge in [-0.15, -0.1) is 0 Å². The Morgan fingerprint density at radius 2 is 1.89 bits per heavy atom. The summed E-state index contributed by atoms with van der Waals surface area (Å²) < 4.78 is 14.7. The first-order valence-electron chi connectivity index (χ1n) is 11.8. The number of aromatic nitrogens is 7. The topological polar surface area (TPSA) is 125 Å². The second kappa shape index (κ2) is 9.16. The molecule has 0 fully saturated rings. The van der Waals surface area contributed by atoms with Crippen molar-refractivity contribution in [3.8, 4) is 33.9 Å². The van der Waals surface area contributed by atoms with E-state index in [-0.39, 0.29) is 11.9 Å². The maximum absolute atomic E-state index is 14.7. The van der Waals surface area contributed by atoms with Crippen LogP contribution in [0.5, 0.6) is 0 Å². The molecule has 0 bridgehead atoms. The molecule has 4 aromatic heterocycles. The Morgan fingerprint density at radius 1 is 1.00 bits per heavy atom. The van der Waals surface area contributed by atoms with Gasteiger partial charge in [-0.25, -0.2) is 14.4 Å². The van der Waals surface area contributed by atoms with Crippen LogP contribution in [0.4, 0.5) is 4.39 Å². The largest absolute Gasteiger partial charge is 0.323 e. The zero-order valence-electron chi connectivity index (χ0n) is 20.3. The molecule has 0 spiro atoms. The SMILES string of the molecule is CN(C)CC(N)c1cc(F)cc(-c2ccnc3[nH]c(-c4n[nH]c5ccc(-c6cnccn6)cc45)nc23)c1. The first-order chi connectivity index (χ1) is 18.0. The lowest BCUT2D eigenvalue weighted by atomic mass is 9.99. The molecule has 9 nitrogen and oxygen atoms in total. The highest BCUT2D eigenvalue weighted by Crippen LogP contribution is 2.33. The van der Waals surface area contributed by atoms with Gasteiger partial charge in [-0.1, -0.05) is 6.07 Å². The molecule has 0 amide bonds. The number of H-pyrrole nitrogens is 2. The van der Waals surface area contributed by atoms with Crippen LogP contribution in [-0.2, 0) is 0 Å². The Bertz CT molecular complexity index is 1720. The van der Waals surface area contributed by atoms with Gasteiger partial charge in [0.15, 0.2) is 11.5 Å². The first-order valence-corrected chi connectivity index (χ1v) is 11.8. The molecule has 0 radical (unpaired) electrons. The van der Waals surface area contributed by atoms with Crippen molar-refractivity contribution in [3.63, 3.8) is 0 Å². The highest BCUT2D eigenvalue weighted by atomic mass is 19.1. The third-order valence-electron chi connectivity index (χ3n) is 6.25. The van der Waals surface area contributed by atoms with Crippen LogP contribution >= 0.6 is 0 Å². The maximum Gasteiger partial charge on any atom is 0.160 e. The molecule has 0 aliphatic rings. The Morgan fingerprint density at radius 3 is 2.70 bits per heavy atom. The standard InChI is InChI=1S/C27H24FN9/c1-37(2)14-21(29)17-9-16(10-18(28)11-17)19-5-6-32-26-24(19)33-27(34-26)25-20-12-15(3-4-22(20)35-36-25)23-13-30-7-8-31-23/h3-13,21H,14,29H2,1-2H3,(H,35,36)(H,32,33,34). The van der Waals surface area contributed by atoms with E-state index in [4.69, 9.17) is 10.7 Å². The van der Waals surface area contributed by atoms with Gasteiger partial charge in [0, 0.05) is 47.7 Å². The summed E-state index contributed by atoms with van der Waals surface area (Å²) in [6.07, 6.45) is 6.70. The fourth-order valence-corrected chi connectivity index (χ4v) is 4.54. The van der Waals surface area contributed by atoms with Crippen LogP contribution in [-0.4, -0.2) is 60.7 Å². The lowest BCUT2D eigenvalue weighted by Gasteiger charge is -2.18. The molecule has 6 aromatic rings. The number of fused-ring (bicyclic) bond motifs is 2. The van der Waals surface area contributed by atoms with Crippen molar-refractivity contribution in [3.05, 3.63) is 78.6 Å². The number of nitrogens with zero attached hydrogens (tertiary/aromatic N) is 6. The Kier molecular flexibility index (Phi) is 5.67. The number of halogens is 1. The highest BCUT2D eigenvalue weighted by molar-refractivity contribution is 5.97. The molecule has 0 aliphatic carbocycles. The molecule has 4 heterocycles. The van der Waals surface area contributed by atoms with E-state index >= 15 is 0 Å². The van der Waals surface area contributed by atoms with E-state index in [1.807, 2.05) is 49.3 Å². The lowest BCUT2D eigenvalue weighted by Crippen LogP contribution is -2.26. The third kappa shape index (κ3) is 4.32. The molecule has 6 rings (SSSR count). The Balaban J connectivity index is 1.45. The number of hydrogen-bond acceptors (Lipinski definition) is 7. The third-order valence-corrected chi connectivity index (χ3v) is 6.25. The van der Waals surface area contributed by atoms with Crippen LogP contribution < -0.4 is 5.73 Å². The normalized spacial score (nSPS) is 12.6. The summed E-state index contributed by atoms with van der Waals surface area (Å²) in [5.74, 6) is 0.204. The van der Waals surface area contributed by atoms with Crippen LogP contribution in [0.25, 0.3) is 56.0 Å². The van der Waals surface area contributed by atoms with E-state index in [2.05, 4.69) is 30.1 Å². The monoisotopic (exact) mass is 493 g/mol. The Labute approximate surface area is 211 Å². The molecule has 2 aromatic carbocycles. The van der Waals surface area contributed by atoms with Crippen LogP contribution in [0, 0.1) is 5.82 Å². The van der Waals surface area contributed by atoms with Crippen molar-refractivity contribution in [2.75, 3.05) is 20.6 Å². The van der Waals surface area contributed by atoms with E-state index in [1.165, 1.54) is 12.1 Å². The van der Waals surface area contributed by atoms with Crippen LogP contribution in [0.2, 0.25) is 0 Å². The van der Waals surface area contributed by atoms with Gasteiger partial charge in [0.05, 0.1) is 17.4 Å². The van der Waals surface area contributed by atoms with Crippen molar-refractivity contribution in [2.24, 2.45) is 5.73 Å². The number of nitrogens with one attached hydrogen (secondary N) is 2. The van der Waals surface area contributed by atoms with Gasteiger partial charge >= 0.3 is 0 Å². The van der Waals surface area contributed by atoms with Crippen LogP contribution in [0.3, 0.4) is 0 Å². The Hall–Kier alpha value is -4.54. The summed E-state index contributed by atoms with van der Waals surface area (Å²) in [6, 6.07) is 12.3. The average molecular weight is 494 g/mol. The molecule has 0 aliphatic heterocycles. The summed E-state index contributed by atoms with van der Waals surface area (Å²) in [7, 11) is 3.87. The average Bonchev–Trinajstić information content (AvgIpc) is 3.52. The molecule has 0 saturated carbocycles. The summed E-state index contributed by atoms with van der Waals surface area (Å²) in [4.78, 5) is 23.1. The van der Waals surface area contributed by atoms with E-state index in [1.54, 1.807) is 24.8 Å². The van der Waals surface area contributed by atoms with Crippen molar-refractivity contribution >= 4 is 22.1 Å². The summed E-state index contributed by atoms with van der Waals surface area (Å²) in [5.41, 5.74) is 12.9. The number of benzene rings is 2. The van der Waals surface area contributed by atoms with Gasteiger partial charge < -0.3 is 15.6 Å². The van der Waals surface area contributed by atoms with Crippen LogP contribution in [0.15, 0.2) is 67.3 Å². The van der Waals surface area contributed by atoms with Crippen molar-refractivity contribution in [2.45, 2.75) is 6.04 Å². The summed E-state index contributed by atoms with van der Waals surface area (Å²) >= 11 is 0. The van der Waals surface area contributed by atoms with Crippen LogP contribution in [0.1, 0.15) is 11.6 Å². The van der Waals surface area contributed by atoms with Gasteiger partial charge in [-0.2, -0.15) is 5.10 Å². The summed E-state index contributed by atoms with van der Waals surface area (Å²) in [5, 5.41) is 8.46. The molecular weight excluding hydrogens is 469 g/mol. The number of imidazole rings is 1. The maximum atomic E-state index is 14.7. The quantitative estimate of drug-likeness (QED) is 0.315. The van der Waals surface area contributed by atoms with Gasteiger partial charge in [-0.3, -0.25) is 15.1 Å². The zero-order chi connectivity index (χ0) is 25.5. The van der Waals surface area contributed by atoms with Crippen molar-refractivity contribution in [1.29, 1.82) is 0 Å². The molecule has 1 unspecified atom stereocenters.